The van der Waals surface area contributed by atoms with Crippen LogP contribution in [0.5, 0.6) is 0 Å². The second-order valence-corrected chi connectivity index (χ2v) is 13.6. The molecule has 0 bridgehead atoms. The van der Waals surface area contributed by atoms with Crippen molar-refractivity contribution in [1.29, 1.82) is 0 Å². The first-order valence-corrected chi connectivity index (χ1v) is 29.7. The molecule has 5 rings (SSSR count). The predicted molar refractivity (Wildman–Crippen MR) is 331 cm³/mol. The summed E-state index contributed by atoms with van der Waals surface area (Å²) in [6.07, 6.45) is 0.306. The van der Waals surface area contributed by atoms with Crippen molar-refractivity contribution in [3.8, 4) is 0 Å². The third-order valence-electron chi connectivity index (χ3n) is 6.25. The summed E-state index contributed by atoms with van der Waals surface area (Å²) >= 11 is 18.2. The van der Waals surface area contributed by atoms with E-state index >= 15 is 0 Å². The molecule has 1 atom stereocenters. The van der Waals surface area contributed by atoms with Gasteiger partial charge in [-0.3, -0.25) is 4.79 Å². The van der Waals surface area contributed by atoms with Gasteiger partial charge in [0.25, 0.3) is 0 Å². The second-order valence-electron chi connectivity index (χ2n) is 10.7. The first kappa shape index (κ1) is 93.5. The number of rotatable bonds is 11. The Kier molecular flexibility index (Phi) is 106. The van der Waals surface area contributed by atoms with E-state index in [1.54, 1.807) is 30.3 Å². The van der Waals surface area contributed by atoms with Crippen molar-refractivity contribution in [3.63, 3.8) is 0 Å². The molecule has 0 aromatic heterocycles. The second kappa shape index (κ2) is 81.4. The van der Waals surface area contributed by atoms with Gasteiger partial charge in [-0.15, -0.1) is 87.7 Å². The summed E-state index contributed by atoms with van der Waals surface area (Å²) in [6, 6.07) is 48.9. The van der Waals surface area contributed by atoms with Crippen molar-refractivity contribution in [2.45, 2.75) is 101 Å². The van der Waals surface area contributed by atoms with E-state index < -0.39 is 0 Å². The maximum atomic E-state index is 11.2. The molecule has 0 spiro atoms. The van der Waals surface area contributed by atoms with Crippen LogP contribution >= 0.6 is 88.9 Å². The van der Waals surface area contributed by atoms with Gasteiger partial charge in [0.1, 0.15) is 5.76 Å². The number of thiol groups is 1. The van der Waals surface area contributed by atoms with Gasteiger partial charge in [-0.25, -0.2) is 0 Å². The maximum Gasteiger partial charge on any atom is 0.0621 e. The van der Waals surface area contributed by atoms with Gasteiger partial charge in [0, 0.05) is 115 Å². The molecule has 0 aliphatic rings. The molecule has 3 radical (unpaired) electrons. The van der Waals surface area contributed by atoms with Gasteiger partial charge in [-0.2, -0.15) is 6.42 Å². The summed E-state index contributed by atoms with van der Waals surface area (Å²) in [7, 11) is 4.34. The fourth-order valence-corrected chi connectivity index (χ4v) is 4.54. The summed E-state index contributed by atoms with van der Waals surface area (Å²) in [5, 5.41) is 0.400. The van der Waals surface area contributed by atoms with E-state index in [0.717, 1.165) is 33.7 Å². The molecule has 0 aliphatic heterocycles. The van der Waals surface area contributed by atoms with E-state index in [1.807, 2.05) is 199 Å². The number of allylic oxidation sites excluding steroid dienone is 1. The van der Waals surface area contributed by atoms with E-state index in [9.17, 15) is 14.4 Å². The SMILES string of the molecule is BrBr.Brc1ccccc1.C=C(C)OCC.C=C(OCC)c1ccccc1.CC.CC.CC.CC.CC.O=C(CBr)c1ccccc1.[B]=NS.[CH2-]C(Br)C(=O)c1[c-]cccc1.[CH2-]CC(=O)c1[c-]cccc1.[Y].[Y]. The molecule has 15 heteroatoms. The van der Waals surface area contributed by atoms with Crippen molar-refractivity contribution in [3.05, 3.63) is 211 Å². The molecule has 6 nitrogen and oxygen atoms in total. The summed E-state index contributed by atoms with van der Waals surface area (Å²) < 4.78 is 13.9. The normalized spacial score (nSPS) is 8.06. The van der Waals surface area contributed by atoms with Crippen LogP contribution in [0.3, 0.4) is 0 Å². The van der Waals surface area contributed by atoms with Crippen LogP contribution in [0.15, 0.2) is 167 Å². The van der Waals surface area contributed by atoms with Crippen LogP contribution in [0.25, 0.3) is 5.76 Å². The number of Topliss-reactive ketones (excluding diaryl/α,β-unsaturated/α-hetero) is 3. The Hall–Kier alpha value is -0.987. The molecule has 72 heavy (non-hydrogen) atoms. The number of carbonyl (C=O) groups is 3. The molecule has 5 aromatic carbocycles. The molecule has 397 valence electrons. The number of hydrogen-bond donors (Lipinski definition) is 1. The summed E-state index contributed by atoms with van der Waals surface area (Å²) in [6.45, 7) is 41.5. The van der Waals surface area contributed by atoms with Gasteiger partial charge < -0.3 is 32.9 Å². The Balaban J connectivity index is -0.0000000761. The van der Waals surface area contributed by atoms with Crippen LogP contribution in [0.2, 0.25) is 0 Å². The minimum absolute atomic E-state index is 0. The Morgan fingerprint density at radius 2 is 0.972 bits per heavy atom. The fraction of sp³-hybridized carbons (Fsp3) is 0.316. The topological polar surface area (TPSA) is 82.0 Å². The van der Waals surface area contributed by atoms with Crippen LogP contribution in [-0.4, -0.2) is 48.4 Å². The molecule has 0 saturated carbocycles. The zero-order valence-electron chi connectivity index (χ0n) is 45.1. The first-order valence-electron chi connectivity index (χ1n) is 22.8. The number of ether oxygens (including phenoxy) is 2. The number of benzene rings is 5. The van der Waals surface area contributed by atoms with Crippen LogP contribution in [-0.2, 0) is 74.9 Å². The van der Waals surface area contributed by atoms with Gasteiger partial charge in [0.2, 0.25) is 0 Å². The molecule has 0 saturated heterocycles. The van der Waals surface area contributed by atoms with Crippen molar-refractivity contribution >= 4 is 120 Å². The fourth-order valence-electron chi connectivity index (χ4n) is 3.66. The number of hydrogen-bond acceptors (Lipinski definition) is 7. The maximum absolute atomic E-state index is 11.2. The van der Waals surface area contributed by atoms with E-state index in [2.05, 4.69) is 140 Å². The molecular weight excluding hydrogens is 1400 g/mol. The molecule has 0 amide bonds. The van der Waals surface area contributed by atoms with Crippen LogP contribution in [0.4, 0.5) is 0 Å². The summed E-state index contributed by atoms with van der Waals surface area (Å²) in [5.74, 6) is 1.66. The van der Waals surface area contributed by atoms with E-state index in [-0.39, 0.29) is 87.6 Å². The van der Waals surface area contributed by atoms with Crippen LogP contribution in [0.1, 0.15) is 133 Å². The van der Waals surface area contributed by atoms with Crippen molar-refractivity contribution < 1.29 is 89.3 Å². The third kappa shape index (κ3) is 67.0. The Labute approximate surface area is 537 Å². The smallest absolute Gasteiger partial charge is 0.0621 e. The summed E-state index contributed by atoms with van der Waals surface area (Å²) in [4.78, 5) is 32.7. The van der Waals surface area contributed by atoms with Gasteiger partial charge in [-0.1, -0.05) is 198 Å². The van der Waals surface area contributed by atoms with Crippen LogP contribution < -0.4 is 0 Å². The molecule has 1 unspecified atom stereocenters. The Bertz CT molecular complexity index is 1790. The Morgan fingerprint density at radius 1 is 0.639 bits per heavy atom. The van der Waals surface area contributed by atoms with Crippen LogP contribution in [0, 0.1) is 26.0 Å². The van der Waals surface area contributed by atoms with Crippen molar-refractivity contribution in [2.75, 3.05) is 18.5 Å². The first-order chi connectivity index (χ1) is 33.8. The number of alkyl halides is 2. The standard InChI is InChI=1S/C10H12O.C9H7BrO.C9H8O.C8H7BrO.C6H5Br.C5H10O.5C2H6.BHNS.Br2.2Y/c1-3-11-9(2)10-7-5-4-6-8-10;1-7(10)9(11)8-5-3-2-4-6-8;1-2-9(10)8-6-4-3-5-7-8;9-6-8(10)7-4-2-1-3-5-7;7-6-4-2-1-3-5-6;1-4-6-5(2)3;5*1-2;1-2-3;1-2;;/h4-8H,2-3H2,1H3;2-5,7H,1H2;3-6H,1-2H2;1-5H,6H2;1-5H;2,4H2,1,3H3;5*1-2H3;3H;;;/q;2*-2;;;;;;;;;;;;. The van der Waals surface area contributed by atoms with Gasteiger partial charge in [0.05, 0.1) is 30.1 Å². The molecule has 5 aromatic rings. The third-order valence-corrected chi connectivity index (χ3v) is 7.70. The van der Waals surface area contributed by atoms with E-state index in [4.69, 9.17) is 9.47 Å². The average molecular weight is 1480 g/mol. The monoisotopic (exact) mass is 1470 g/mol. The van der Waals surface area contributed by atoms with Gasteiger partial charge in [0.15, 0.2) is 5.78 Å². The molecule has 0 fully saturated rings. The number of halogens is 5. The summed E-state index contributed by atoms with van der Waals surface area (Å²) in [5.41, 5.74) is 3.01. The number of carbonyl (C=O) groups excluding carboxylic acids is 3. The number of nitrogens with zero attached hydrogens (tertiary/aromatic N) is 1. The minimum atomic E-state index is -0.374. The van der Waals surface area contributed by atoms with Crippen molar-refractivity contribution in [1.82, 2.24) is 0 Å². The average Bonchev–Trinajstić information content (AvgIpc) is 3.43. The predicted octanol–water partition coefficient (Wildman–Crippen LogP) is 20.1. The zero-order valence-corrected chi connectivity index (χ0v) is 59.6. The molecule has 0 N–H and O–H groups in total. The largest absolute Gasteiger partial charge is 0.355 e. The zero-order chi connectivity index (χ0) is 56.0. The molecule has 0 aliphatic carbocycles. The van der Waals surface area contributed by atoms with E-state index in [1.165, 1.54) is 0 Å². The number of ketones is 3. The Morgan fingerprint density at radius 3 is 1.22 bits per heavy atom. The quantitative estimate of drug-likeness (QED) is 0.0356. The van der Waals surface area contributed by atoms with Gasteiger partial charge in [-0.05, 0) is 32.9 Å². The molecule has 0 heterocycles. The van der Waals surface area contributed by atoms with Crippen molar-refractivity contribution in [2.24, 2.45) is 4.30 Å². The molecular formula is C57H80BBr5NO5SY2-4. The van der Waals surface area contributed by atoms with E-state index in [0.29, 0.717) is 29.5 Å². The minimum Gasteiger partial charge on any atom is -0.355 e. The van der Waals surface area contributed by atoms with Gasteiger partial charge >= 0.3 is 24.8 Å².